The predicted molar refractivity (Wildman–Crippen MR) is 138 cm³/mol. The minimum atomic E-state index is -4.04. The topological polar surface area (TPSA) is 154 Å². The Morgan fingerprint density at radius 2 is 1.68 bits per heavy atom. The molecule has 0 unspecified atom stereocenters. The van der Waals surface area contributed by atoms with E-state index < -0.39 is 32.9 Å². The molecule has 0 aliphatic rings. The average molecular weight is 544 g/mol. The molecule has 0 aromatic heterocycles. The van der Waals surface area contributed by atoms with Crippen molar-refractivity contribution in [3.05, 3.63) is 82.4 Å². The van der Waals surface area contributed by atoms with Gasteiger partial charge < -0.3 is 19.5 Å². The molecular weight excluding hydrogens is 518 g/mol. The molecule has 1 atom stereocenters. The Morgan fingerprint density at radius 1 is 1.00 bits per heavy atom. The van der Waals surface area contributed by atoms with Gasteiger partial charge in [-0.05, 0) is 55.5 Å². The highest BCUT2D eigenvalue weighted by Crippen LogP contribution is 2.29. The highest BCUT2D eigenvalue weighted by Gasteiger charge is 2.25. The number of nitrogens with one attached hydrogen (secondary N) is 1. The molecule has 3 aromatic rings. The number of non-ortho nitro benzene ring substituents is 1. The van der Waals surface area contributed by atoms with Crippen molar-refractivity contribution in [2.45, 2.75) is 17.9 Å². The molecule has 0 aliphatic carbocycles. The number of nitro benzene ring substituents is 1. The van der Waals surface area contributed by atoms with E-state index in [1.807, 2.05) is 0 Å². The summed E-state index contributed by atoms with van der Waals surface area (Å²) in [7, 11) is 0.158. The zero-order valence-corrected chi connectivity index (χ0v) is 21.7. The quantitative estimate of drug-likeness (QED) is 0.229. The number of sulfonamides is 1. The maximum Gasteiger partial charge on any atom is 0.338 e. The van der Waals surface area contributed by atoms with E-state index in [1.54, 1.807) is 24.3 Å². The van der Waals surface area contributed by atoms with Crippen LogP contribution in [-0.2, 0) is 19.6 Å². The number of ether oxygens (including phenoxy) is 3. The van der Waals surface area contributed by atoms with Crippen molar-refractivity contribution in [1.82, 2.24) is 0 Å². The number of benzene rings is 3. The van der Waals surface area contributed by atoms with E-state index >= 15 is 0 Å². The first-order valence-electron chi connectivity index (χ1n) is 11.0. The molecule has 0 bridgehead atoms. The Labute approximate surface area is 218 Å². The molecule has 0 fully saturated rings. The Bertz CT molecular complexity index is 1460. The van der Waals surface area contributed by atoms with E-state index in [-0.39, 0.29) is 27.6 Å². The summed E-state index contributed by atoms with van der Waals surface area (Å²) < 4.78 is 42.8. The van der Waals surface area contributed by atoms with Crippen molar-refractivity contribution in [1.29, 1.82) is 0 Å². The molecule has 1 amide bonds. The van der Waals surface area contributed by atoms with Gasteiger partial charge in [-0.15, -0.1) is 0 Å². The number of amides is 1. The summed E-state index contributed by atoms with van der Waals surface area (Å²) >= 11 is 0. The molecular formula is C25H25N3O9S. The first-order chi connectivity index (χ1) is 18.0. The molecule has 3 aromatic carbocycles. The lowest BCUT2D eigenvalue weighted by Gasteiger charge is -2.20. The van der Waals surface area contributed by atoms with Gasteiger partial charge in [0.2, 0.25) is 0 Å². The number of anilines is 2. The molecule has 0 aliphatic heterocycles. The van der Waals surface area contributed by atoms with Gasteiger partial charge in [0, 0.05) is 19.2 Å². The minimum absolute atomic E-state index is 0.0178. The summed E-state index contributed by atoms with van der Waals surface area (Å²) in [5, 5.41) is 13.5. The average Bonchev–Trinajstić information content (AvgIpc) is 2.92. The van der Waals surface area contributed by atoms with Crippen LogP contribution in [0.2, 0.25) is 0 Å². The van der Waals surface area contributed by atoms with Crippen LogP contribution in [0, 0.1) is 10.1 Å². The van der Waals surface area contributed by atoms with Gasteiger partial charge in [0.1, 0.15) is 11.5 Å². The maximum atomic E-state index is 13.1. The van der Waals surface area contributed by atoms with Gasteiger partial charge in [-0.2, -0.15) is 0 Å². The molecule has 0 radical (unpaired) electrons. The highest BCUT2D eigenvalue weighted by atomic mass is 32.2. The van der Waals surface area contributed by atoms with Gasteiger partial charge in [0.05, 0.1) is 41.0 Å². The molecule has 0 saturated carbocycles. The second-order valence-electron chi connectivity index (χ2n) is 7.88. The smallest absolute Gasteiger partial charge is 0.338 e. The van der Waals surface area contributed by atoms with Crippen LogP contribution in [0.15, 0.2) is 71.6 Å². The predicted octanol–water partition coefficient (Wildman–Crippen LogP) is 3.62. The summed E-state index contributed by atoms with van der Waals surface area (Å²) in [5.74, 6) is -0.990. The Morgan fingerprint density at radius 3 is 2.29 bits per heavy atom. The third-order valence-electron chi connectivity index (χ3n) is 5.47. The van der Waals surface area contributed by atoms with Crippen molar-refractivity contribution < 1.29 is 37.1 Å². The standard InChI is InChI=1S/C25H25N3O9S/c1-16(24(29)26-22-15-19(28(31)32)10-13-23(22)36-4)37-25(30)17-6-5-7-21(14-17)38(33,34)27(2)18-8-11-20(35-3)12-9-18/h5-16H,1-4H3,(H,26,29)/t16-/m1/s1. The number of hydrogen-bond donors (Lipinski definition) is 1. The van der Waals surface area contributed by atoms with E-state index in [9.17, 15) is 28.1 Å². The molecule has 1 N–H and O–H groups in total. The van der Waals surface area contributed by atoms with Crippen LogP contribution in [0.4, 0.5) is 17.1 Å². The summed E-state index contributed by atoms with van der Waals surface area (Å²) in [6.07, 6.45) is -1.33. The van der Waals surface area contributed by atoms with E-state index in [0.29, 0.717) is 11.4 Å². The Kier molecular flexibility index (Phi) is 8.53. The van der Waals surface area contributed by atoms with Gasteiger partial charge in [-0.3, -0.25) is 19.2 Å². The van der Waals surface area contributed by atoms with Gasteiger partial charge in [-0.1, -0.05) is 6.07 Å². The fraction of sp³-hybridized carbons (Fsp3) is 0.200. The molecule has 0 spiro atoms. The number of nitrogens with zero attached hydrogens (tertiary/aromatic N) is 2. The Hall–Kier alpha value is -4.65. The van der Waals surface area contributed by atoms with E-state index in [1.165, 1.54) is 58.5 Å². The third-order valence-corrected chi connectivity index (χ3v) is 7.25. The lowest BCUT2D eigenvalue weighted by molar-refractivity contribution is -0.384. The maximum absolute atomic E-state index is 13.1. The van der Waals surface area contributed by atoms with Crippen molar-refractivity contribution in [3.63, 3.8) is 0 Å². The van der Waals surface area contributed by atoms with E-state index in [2.05, 4.69) is 5.32 Å². The summed E-state index contributed by atoms with van der Waals surface area (Å²) in [6, 6.07) is 15.2. The van der Waals surface area contributed by atoms with E-state index in [4.69, 9.17) is 14.2 Å². The van der Waals surface area contributed by atoms with Crippen LogP contribution in [0.3, 0.4) is 0 Å². The molecule has 3 rings (SSSR count). The Balaban J connectivity index is 1.75. The lowest BCUT2D eigenvalue weighted by atomic mass is 10.2. The number of hydrogen-bond acceptors (Lipinski definition) is 9. The number of methoxy groups -OCH3 is 2. The molecule has 0 saturated heterocycles. The van der Waals surface area contributed by atoms with Crippen molar-refractivity contribution in [3.8, 4) is 11.5 Å². The number of esters is 1. The fourth-order valence-corrected chi connectivity index (χ4v) is 4.54. The SMILES string of the molecule is COc1ccc(N(C)S(=O)(=O)c2cccc(C(=O)O[C@H](C)C(=O)Nc3cc([N+](=O)[O-])ccc3OC)c2)cc1. The summed E-state index contributed by atoms with van der Waals surface area (Å²) in [6.45, 7) is 1.30. The lowest BCUT2D eigenvalue weighted by Crippen LogP contribution is -2.30. The van der Waals surface area contributed by atoms with Crippen LogP contribution < -0.4 is 19.1 Å². The van der Waals surface area contributed by atoms with Crippen molar-refractivity contribution in [2.75, 3.05) is 30.9 Å². The number of carbonyl (C=O) groups excluding carboxylic acids is 2. The van der Waals surface area contributed by atoms with Gasteiger partial charge in [0.25, 0.3) is 21.6 Å². The van der Waals surface area contributed by atoms with Gasteiger partial charge in [-0.25, -0.2) is 13.2 Å². The highest BCUT2D eigenvalue weighted by molar-refractivity contribution is 7.92. The summed E-state index contributed by atoms with van der Waals surface area (Å²) in [4.78, 5) is 35.6. The van der Waals surface area contributed by atoms with E-state index in [0.717, 1.165) is 16.4 Å². The zero-order chi connectivity index (χ0) is 28.0. The van der Waals surface area contributed by atoms with Crippen molar-refractivity contribution >= 4 is 39.0 Å². The second-order valence-corrected chi connectivity index (χ2v) is 9.85. The number of carbonyl (C=O) groups is 2. The largest absolute Gasteiger partial charge is 0.497 e. The van der Waals surface area contributed by atoms with Crippen molar-refractivity contribution in [2.24, 2.45) is 0 Å². The van der Waals surface area contributed by atoms with Crippen LogP contribution in [0.25, 0.3) is 0 Å². The third kappa shape index (κ3) is 6.18. The molecule has 38 heavy (non-hydrogen) atoms. The molecule has 0 heterocycles. The minimum Gasteiger partial charge on any atom is -0.497 e. The van der Waals surface area contributed by atoms with Gasteiger partial charge >= 0.3 is 5.97 Å². The molecule has 13 heteroatoms. The summed E-state index contributed by atoms with van der Waals surface area (Å²) in [5.41, 5.74) is 0.0232. The second kappa shape index (κ2) is 11.6. The van der Waals surface area contributed by atoms with Crippen LogP contribution in [0.5, 0.6) is 11.5 Å². The first-order valence-corrected chi connectivity index (χ1v) is 12.5. The van der Waals surface area contributed by atoms with Gasteiger partial charge in [0.15, 0.2) is 6.10 Å². The van der Waals surface area contributed by atoms with Crippen LogP contribution in [0.1, 0.15) is 17.3 Å². The normalized spacial score (nSPS) is 11.7. The number of rotatable bonds is 10. The van der Waals surface area contributed by atoms with Crippen LogP contribution in [-0.4, -0.2) is 52.6 Å². The number of nitro groups is 1. The monoisotopic (exact) mass is 543 g/mol. The molecule has 200 valence electrons. The molecule has 12 nitrogen and oxygen atoms in total. The van der Waals surface area contributed by atoms with Crippen LogP contribution >= 0.6 is 0 Å². The fourth-order valence-electron chi connectivity index (χ4n) is 3.30. The first kappa shape index (κ1) is 27.9. The zero-order valence-electron chi connectivity index (χ0n) is 20.9.